The Bertz CT molecular complexity index is 926. The van der Waals surface area contributed by atoms with Crippen molar-refractivity contribution in [3.8, 4) is 11.3 Å². The Morgan fingerprint density at radius 3 is 2.85 bits per heavy atom. The third kappa shape index (κ3) is 3.53. The minimum absolute atomic E-state index is 0.378. The smallest absolute Gasteiger partial charge is 0.123 e. The summed E-state index contributed by atoms with van der Waals surface area (Å²) < 4.78 is 15.6. The van der Waals surface area contributed by atoms with Crippen LogP contribution < -0.4 is 0 Å². The molecule has 3 aromatic rings. The molecule has 0 spiro atoms. The van der Waals surface area contributed by atoms with Crippen LogP contribution in [0.2, 0.25) is 0 Å². The standard InChI is InChI=1S/C19H22FN5O/c1-12(26)17-8-15(20)5-6-16(17)19-18(22-24(2)23-19)7-14-9-21-25(11-14)10-13-3-4-13/h5-6,8-9,11-13,26H,3-4,7,10H2,1-2H3. The summed E-state index contributed by atoms with van der Waals surface area (Å²) in [6.07, 6.45) is 6.28. The van der Waals surface area contributed by atoms with E-state index in [-0.39, 0.29) is 5.82 Å². The summed E-state index contributed by atoms with van der Waals surface area (Å²) in [5.74, 6) is 0.388. The van der Waals surface area contributed by atoms with Crippen LogP contribution >= 0.6 is 0 Å². The first-order chi connectivity index (χ1) is 12.5. The second-order valence-electron chi connectivity index (χ2n) is 7.08. The maximum absolute atomic E-state index is 13.6. The maximum Gasteiger partial charge on any atom is 0.123 e. The van der Waals surface area contributed by atoms with E-state index < -0.39 is 6.10 Å². The second-order valence-corrected chi connectivity index (χ2v) is 7.08. The monoisotopic (exact) mass is 355 g/mol. The van der Waals surface area contributed by atoms with Crippen LogP contribution in [0.3, 0.4) is 0 Å². The molecule has 26 heavy (non-hydrogen) atoms. The molecule has 1 N–H and O–H groups in total. The molecular formula is C19H22FN5O. The van der Waals surface area contributed by atoms with Gasteiger partial charge in [-0.05, 0) is 55.0 Å². The van der Waals surface area contributed by atoms with Crippen molar-refractivity contribution in [1.29, 1.82) is 0 Å². The molecule has 7 heteroatoms. The molecule has 0 radical (unpaired) electrons. The summed E-state index contributed by atoms with van der Waals surface area (Å²) >= 11 is 0. The molecule has 136 valence electrons. The summed E-state index contributed by atoms with van der Waals surface area (Å²) in [6, 6.07) is 4.39. The van der Waals surface area contributed by atoms with Gasteiger partial charge in [-0.25, -0.2) is 4.39 Å². The molecule has 1 saturated carbocycles. The first-order valence-corrected chi connectivity index (χ1v) is 8.89. The number of aryl methyl sites for hydroxylation is 1. The zero-order chi connectivity index (χ0) is 18.3. The summed E-state index contributed by atoms with van der Waals surface area (Å²) in [5, 5.41) is 23.4. The maximum atomic E-state index is 13.6. The lowest BCUT2D eigenvalue weighted by Crippen LogP contribution is -2.00. The number of hydrogen-bond donors (Lipinski definition) is 1. The van der Waals surface area contributed by atoms with Crippen molar-refractivity contribution in [2.24, 2.45) is 13.0 Å². The molecule has 6 nitrogen and oxygen atoms in total. The molecule has 0 bridgehead atoms. The van der Waals surface area contributed by atoms with Crippen LogP contribution in [0.1, 0.15) is 42.7 Å². The van der Waals surface area contributed by atoms with Gasteiger partial charge < -0.3 is 5.11 Å². The lowest BCUT2D eigenvalue weighted by atomic mass is 9.98. The highest BCUT2D eigenvalue weighted by Crippen LogP contribution is 2.31. The van der Waals surface area contributed by atoms with Gasteiger partial charge in [-0.1, -0.05) is 0 Å². The fourth-order valence-electron chi connectivity index (χ4n) is 3.23. The Kier molecular flexibility index (Phi) is 4.32. The van der Waals surface area contributed by atoms with E-state index >= 15 is 0 Å². The summed E-state index contributed by atoms with van der Waals surface area (Å²) in [4.78, 5) is 1.51. The van der Waals surface area contributed by atoms with Gasteiger partial charge in [0.05, 0.1) is 18.0 Å². The van der Waals surface area contributed by atoms with Crippen molar-refractivity contribution < 1.29 is 9.50 Å². The van der Waals surface area contributed by atoms with E-state index in [2.05, 4.69) is 21.5 Å². The van der Waals surface area contributed by atoms with E-state index in [1.807, 2.05) is 10.9 Å². The van der Waals surface area contributed by atoms with E-state index in [1.165, 1.54) is 29.8 Å². The van der Waals surface area contributed by atoms with Crippen LogP contribution in [-0.2, 0) is 20.0 Å². The largest absolute Gasteiger partial charge is 0.389 e. The Balaban J connectivity index is 1.66. The number of nitrogens with zero attached hydrogens (tertiary/aromatic N) is 5. The first-order valence-electron chi connectivity index (χ1n) is 8.89. The summed E-state index contributed by atoms with van der Waals surface area (Å²) in [5.41, 5.74) is 3.73. The van der Waals surface area contributed by atoms with E-state index in [9.17, 15) is 9.50 Å². The van der Waals surface area contributed by atoms with Gasteiger partial charge in [0.1, 0.15) is 11.5 Å². The lowest BCUT2D eigenvalue weighted by Gasteiger charge is -2.11. The SMILES string of the molecule is CC(O)c1cc(F)ccc1-c1nn(C)nc1Cc1cnn(CC2CC2)c1. The molecule has 2 aromatic heterocycles. The number of benzene rings is 1. The van der Waals surface area contributed by atoms with Gasteiger partial charge in [0.15, 0.2) is 0 Å². The highest BCUT2D eigenvalue weighted by Gasteiger charge is 2.22. The Labute approximate surface area is 151 Å². The molecule has 0 aliphatic heterocycles. The Morgan fingerprint density at radius 2 is 2.12 bits per heavy atom. The summed E-state index contributed by atoms with van der Waals surface area (Å²) in [6.45, 7) is 2.59. The normalized spacial score (nSPS) is 15.4. The molecule has 0 saturated heterocycles. The molecule has 1 atom stereocenters. The van der Waals surface area contributed by atoms with Crippen molar-refractivity contribution in [2.75, 3.05) is 0 Å². The molecule has 1 fully saturated rings. The van der Waals surface area contributed by atoms with Crippen LogP contribution in [0.15, 0.2) is 30.6 Å². The van der Waals surface area contributed by atoms with Crippen LogP contribution in [0, 0.1) is 11.7 Å². The predicted octanol–water partition coefficient (Wildman–Crippen LogP) is 2.87. The van der Waals surface area contributed by atoms with Crippen LogP contribution in [0.25, 0.3) is 11.3 Å². The molecule has 1 unspecified atom stereocenters. The number of aromatic nitrogens is 5. The van der Waals surface area contributed by atoms with E-state index in [0.29, 0.717) is 23.2 Å². The van der Waals surface area contributed by atoms with E-state index in [0.717, 1.165) is 23.7 Å². The van der Waals surface area contributed by atoms with Crippen molar-refractivity contribution in [3.05, 3.63) is 53.2 Å². The topological polar surface area (TPSA) is 68.8 Å². The van der Waals surface area contributed by atoms with E-state index in [1.54, 1.807) is 20.0 Å². The minimum Gasteiger partial charge on any atom is -0.389 e. The number of rotatable bonds is 6. The zero-order valence-electron chi connectivity index (χ0n) is 14.9. The fraction of sp³-hybridized carbons (Fsp3) is 0.421. The van der Waals surface area contributed by atoms with E-state index in [4.69, 9.17) is 0 Å². The van der Waals surface area contributed by atoms with Gasteiger partial charge in [-0.3, -0.25) is 4.68 Å². The first kappa shape index (κ1) is 16.9. The van der Waals surface area contributed by atoms with Gasteiger partial charge in [-0.2, -0.15) is 20.1 Å². The predicted molar refractivity (Wildman–Crippen MR) is 94.8 cm³/mol. The van der Waals surface area contributed by atoms with Gasteiger partial charge in [0.25, 0.3) is 0 Å². The molecular weight excluding hydrogens is 333 g/mol. The third-order valence-corrected chi connectivity index (χ3v) is 4.70. The highest BCUT2D eigenvalue weighted by atomic mass is 19.1. The Hall–Kier alpha value is -2.54. The molecule has 1 aromatic carbocycles. The number of hydrogen-bond acceptors (Lipinski definition) is 4. The van der Waals surface area contributed by atoms with Gasteiger partial charge in [0.2, 0.25) is 0 Å². The second kappa shape index (κ2) is 6.64. The fourth-order valence-corrected chi connectivity index (χ4v) is 3.23. The lowest BCUT2D eigenvalue weighted by molar-refractivity contribution is 0.199. The van der Waals surface area contributed by atoms with Crippen LogP contribution in [0.4, 0.5) is 4.39 Å². The van der Waals surface area contributed by atoms with Crippen molar-refractivity contribution in [2.45, 2.75) is 38.8 Å². The third-order valence-electron chi connectivity index (χ3n) is 4.70. The van der Waals surface area contributed by atoms with Crippen LogP contribution in [-0.4, -0.2) is 29.9 Å². The quantitative estimate of drug-likeness (QED) is 0.738. The van der Waals surface area contributed by atoms with Crippen molar-refractivity contribution in [1.82, 2.24) is 24.8 Å². The Morgan fingerprint density at radius 1 is 1.31 bits per heavy atom. The average Bonchev–Trinajstić information content (AvgIpc) is 3.18. The number of halogens is 1. The van der Waals surface area contributed by atoms with Gasteiger partial charge in [0, 0.05) is 31.8 Å². The van der Waals surface area contributed by atoms with Crippen molar-refractivity contribution in [3.63, 3.8) is 0 Å². The van der Waals surface area contributed by atoms with Crippen LogP contribution in [0.5, 0.6) is 0 Å². The highest BCUT2D eigenvalue weighted by molar-refractivity contribution is 5.66. The minimum atomic E-state index is -0.795. The molecule has 0 amide bonds. The molecule has 2 heterocycles. The molecule has 4 rings (SSSR count). The molecule has 1 aliphatic carbocycles. The van der Waals surface area contributed by atoms with Crippen molar-refractivity contribution >= 4 is 0 Å². The zero-order valence-corrected chi connectivity index (χ0v) is 14.9. The average molecular weight is 355 g/mol. The summed E-state index contributed by atoms with van der Waals surface area (Å²) in [7, 11) is 1.76. The number of aliphatic hydroxyl groups is 1. The van der Waals surface area contributed by atoms with Gasteiger partial charge >= 0.3 is 0 Å². The van der Waals surface area contributed by atoms with Gasteiger partial charge in [-0.15, -0.1) is 0 Å². The molecule has 1 aliphatic rings. The number of aliphatic hydroxyl groups excluding tert-OH is 1.